The van der Waals surface area contributed by atoms with Crippen molar-refractivity contribution in [2.45, 2.75) is 117 Å². The van der Waals surface area contributed by atoms with E-state index in [0.29, 0.717) is 18.8 Å². The zero-order chi connectivity index (χ0) is 23.3. The molecule has 1 aromatic carbocycles. The first-order chi connectivity index (χ1) is 15.7. The van der Waals surface area contributed by atoms with E-state index in [2.05, 4.69) is 17.5 Å². The SMILES string of the molecule is CCCCCCCCCCCCCCCCCC(=O)N/N=C\c1ccc(O)c(OCC)c1. The van der Waals surface area contributed by atoms with Crippen molar-refractivity contribution >= 4 is 12.1 Å². The van der Waals surface area contributed by atoms with Gasteiger partial charge >= 0.3 is 0 Å². The number of phenols is 1. The van der Waals surface area contributed by atoms with Crippen LogP contribution in [-0.2, 0) is 4.79 Å². The molecule has 2 N–H and O–H groups in total. The average molecular weight is 447 g/mol. The Hall–Kier alpha value is -2.04. The Balaban J connectivity index is 1.94. The second kappa shape index (κ2) is 19.6. The summed E-state index contributed by atoms with van der Waals surface area (Å²) in [6.45, 7) is 4.61. The van der Waals surface area contributed by atoms with Gasteiger partial charge in [0.05, 0.1) is 12.8 Å². The van der Waals surface area contributed by atoms with Gasteiger partial charge in [-0.3, -0.25) is 4.79 Å². The molecule has 0 fully saturated rings. The molecule has 0 aromatic heterocycles. The van der Waals surface area contributed by atoms with Gasteiger partial charge in [0.25, 0.3) is 0 Å². The van der Waals surface area contributed by atoms with E-state index < -0.39 is 0 Å². The van der Waals surface area contributed by atoms with Gasteiger partial charge in [-0.25, -0.2) is 5.43 Å². The van der Waals surface area contributed by atoms with Crippen molar-refractivity contribution in [2.24, 2.45) is 5.10 Å². The van der Waals surface area contributed by atoms with Crippen molar-refractivity contribution in [3.63, 3.8) is 0 Å². The molecule has 1 aromatic rings. The number of nitrogens with zero attached hydrogens (tertiary/aromatic N) is 1. The molecule has 0 aliphatic rings. The normalized spacial score (nSPS) is 11.2. The zero-order valence-corrected chi connectivity index (χ0v) is 20.5. The Bertz CT molecular complexity index is 631. The molecule has 0 aliphatic heterocycles. The number of amides is 1. The van der Waals surface area contributed by atoms with Crippen LogP contribution < -0.4 is 10.2 Å². The number of nitrogens with one attached hydrogen (secondary N) is 1. The molecule has 0 saturated carbocycles. The van der Waals surface area contributed by atoms with Crippen molar-refractivity contribution < 1.29 is 14.6 Å². The van der Waals surface area contributed by atoms with Crippen LogP contribution >= 0.6 is 0 Å². The molecule has 32 heavy (non-hydrogen) atoms. The average Bonchev–Trinajstić information content (AvgIpc) is 2.78. The van der Waals surface area contributed by atoms with Crippen molar-refractivity contribution in [2.75, 3.05) is 6.61 Å². The molecule has 0 spiro atoms. The van der Waals surface area contributed by atoms with Crippen molar-refractivity contribution in [1.82, 2.24) is 5.43 Å². The maximum absolute atomic E-state index is 11.9. The van der Waals surface area contributed by atoms with Crippen molar-refractivity contribution in [1.29, 1.82) is 0 Å². The van der Waals surface area contributed by atoms with Crippen LogP contribution in [0.25, 0.3) is 0 Å². The minimum atomic E-state index is -0.0558. The van der Waals surface area contributed by atoms with E-state index in [1.54, 1.807) is 24.4 Å². The summed E-state index contributed by atoms with van der Waals surface area (Å²) in [5, 5.41) is 13.7. The third-order valence-corrected chi connectivity index (χ3v) is 5.69. The van der Waals surface area contributed by atoms with Crippen molar-refractivity contribution in [3.05, 3.63) is 23.8 Å². The summed E-state index contributed by atoms with van der Waals surface area (Å²) in [4.78, 5) is 11.9. The number of hydrazone groups is 1. The summed E-state index contributed by atoms with van der Waals surface area (Å²) in [6.07, 6.45) is 21.8. The summed E-state index contributed by atoms with van der Waals surface area (Å²) in [7, 11) is 0. The third-order valence-electron chi connectivity index (χ3n) is 5.69. The molecule has 0 heterocycles. The van der Waals surface area contributed by atoms with Gasteiger partial charge in [0.15, 0.2) is 11.5 Å². The number of hydrogen-bond donors (Lipinski definition) is 2. The number of benzene rings is 1. The highest BCUT2D eigenvalue weighted by atomic mass is 16.5. The molecule has 182 valence electrons. The van der Waals surface area contributed by atoms with E-state index in [9.17, 15) is 9.90 Å². The number of aromatic hydroxyl groups is 1. The van der Waals surface area contributed by atoms with E-state index in [0.717, 1.165) is 18.4 Å². The first kappa shape index (κ1) is 28.0. The fourth-order valence-corrected chi connectivity index (χ4v) is 3.77. The number of ether oxygens (including phenoxy) is 1. The number of unbranched alkanes of at least 4 members (excludes halogenated alkanes) is 14. The standard InChI is InChI=1S/C27H46N2O3/c1-3-5-6-7-8-9-10-11-12-13-14-15-16-17-18-19-27(31)29-28-23-24-20-21-25(30)26(22-24)32-4-2/h20-23,30H,3-19H2,1-2H3,(H,29,31)/b28-23-. The maximum Gasteiger partial charge on any atom is 0.240 e. The topological polar surface area (TPSA) is 70.9 Å². The summed E-state index contributed by atoms with van der Waals surface area (Å²) in [5.74, 6) is 0.460. The van der Waals surface area contributed by atoms with Gasteiger partial charge in [0, 0.05) is 6.42 Å². The molecule has 5 nitrogen and oxygen atoms in total. The largest absolute Gasteiger partial charge is 0.504 e. The quantitative estimate of drug-likeness (QED) is 0.124. The molecule has 1 rings (SSSR count). The fourth-order valence-electron chi connectivity index (χ4n) is 3.77. The van der Waals surface area contributed by atoms with E-state index in [-0.39, 0.29) is 11.7 Å². The Morgan fingerprint density at radius 3 is 1.94 bits per heavy atom. The smallest absolute Gasteiger partial charge is 0.240 e. The second-order valence-corrected chi connectivity index (χ2v) is 8.65. The lowest BCUT2D eigenvalue weighted by Gasteiger charge is -2.06. The summed E-state index contributed by atoms with van der Waals surface area (Å²) in [6, 6.07) is 4.98. The van der Waals surface area contributed by atoms with E-state index in [1.807, 2.05) is 6.92 Å². The van der Waals surface area contributed by atoms with Gasteiger partial charge in [0.1, 0.15) is 0 Å². The number of hydrogen-bond acceptors (Lipinski definition) is 4. The van der Waals surface area contributed by atoms with Crippen LogP contribution in [0.3, 0.4) is 0 Å². The van der Waals surface area contributed by atoms with E-state index in [1.165, 1.54) is 83.5 Å². The molecule has 0 saturated heterocycles. The molecule has 5 heteroatoms. The first-order valence-corrected chi connectivity index (χ1v) is 12.9. The van der Waals surface area contributed by atoms with Gasteiger partial charge < -0.3 is 9.84 Å². The summed E-state index contributed by atoms with van der Waals surface area (Å²) in [5.41, 5.74) is 3.34. The Kier molecular flexibility index (Phi) is 17.2. The Morgan fingerprint density at radius 1 is 0.875 bits per heavy atom. The Labute approximate surface area is 196 Å². The number of phenolic OH excluding ortho intramolecular Hbond substituents is 1. The van der Waals surface area contributed by atoms with Crippen LogP contribution in [0.2, 0.25) is 0 Å². The van der Waals surface area contributed by atoms with E-state index >= 15 is 0 Å². The molecule has 0 unspecified atom stereocenters. The highest BCUT2D eigenvalue weighted by Gasteiger charge is 2.03. The number of rotatable bonds is 20. The molecular formula is C27H46N2O3. The molecule has 1 amide bonds. The Morgan fingerprint density at radius 2 is 1.41 bits per heavy atom. The maximum atomic E-state index is 11.9. The van der Waals surface area contributed by atoms with Gasteiger partial charge in [-0.05, 0) is 37.1 Å². The molecular weight excluding hydrogens is 400 g/mol. The fraction of sp³-hybridized carbons (Fsp3) is 0.704. The zero-order valence-electron chi connectivity index (χ0n) is 20.5. The highest BCUT2D eigenvalue weighted by Crippen LogP contribution is 2.26. The van der Waals surface area contributed by atoms with Crippen LogP contribution in [0.15, 0.2) is 23.3 Å². The van der Waals surface area contributed by atoms with Gasteiger partial charge in [0.2, 0.25) is 5.91 Å². The minimum Gasteiger partial charge on any atom is -0.504 e. The van der Waals surface area contributed by atoms with E-state index in [4.69, 9.17) is 4.74 Å². The molecule has 0 bridgehead atoms. The monoisotopic (exact) mass is 446 g/mol. The lowest BCUT2D eigenvalue weighted by Crippen LogP contribution is -2.16. The predicted octanol–water partition coefficient (Wildman–Crippen LogP) is 7.50. The highest BCUT2D eigenvalue weighted by molar-refractivity contribution is 5.83. The van der Waals surface area contributed by atoms with Crippen LogP contribution in [0, 0.1) is 0 Å². The van der Waals surface area contributed by atoms with Gasteiger partial charge in [-0.15, -0.1) is 0 Å². The molecule has 0 atom stereocenters. The number of carbonyl (C=O) groups excluding carboxylic acids is 1. The second-order valence-electron chi connectivity index (χ2n) is 8.65. The van der Waals surface area contributed by atoms with Gasteiger partial charge in [-0.2, -0.15) is 5.10 Å². The lowest BCUT2D eigenvalue weighted by atomic mass is 10.0. The number of carbonyl (C=O) groups is 1. The summed E-state index contributed by atoms with van der Waals surface area (Å²) < 4.78 is 5.34. The van der Waals surface area contributed by atoms with Crippen LogP contribution in [0.5, 0.6) is 11.5 Å². The molecule has 0 radical (unpaired) electrons. The summed E-state index contributed by atoms with van der Waals surface area (Å²) >= 11 is 0. The third kappa shape index (κ3) is 14.9. The predicted molar refractivity (Wildman–Crippen MR) is 135 cm³/mol. The van der Waals surface area contributed by atoms with Crippen LogP contribution in [-0.4, -0.2) is 23.8 Å². The molecule has 0 aliphatic carbocycles. The minimum absolute atomic E-state index is 0.0558. The van der Waals surface area contributed by atoms with Gasteiger partial charge in [-0.1, -0.05) is 96.8 Å². The van der Waals surface area contributed by atoms with Crippen LogP contribution in [0.1, 0.15) is 122 Å². The van der Waals surface area contributed by atoms with Crippen molar-refractivity contribution in [3.8, 4) is 11.5 Å². The van der Waals surface area contributed by atoms with Crippen LogP contribution in [0.4, 0.5) is 0 Å². The first-order valence-electron chi connectivity index (χ1n) is 12.9. The lowest BCUT2D eigenvalue weighted by molar-refractivity contribution is -0.121.